The molecule has 4 aromatic rings. The van der Waals surface area contributed by atoms with Crippen molar-refractivity contribution in [2.45, 2.75) is 44.8 Å². The molecule has 7 nitrogen and oxygen atoms in total. The Morgan fingerprint density at radius 2 is 2.11 bits per heavy atom. The summed E-state index contributed by atoms with van der Waals surface area (Å²) in [5.74, 6) is 0.601. The number of pyridine rings is 1. The van der Waals surface area contributed by atoms with Gasteiger partial charge in [-0.1, -0.05) is 6.08 Å². The first-order valence-corrected chi connectivity index (χ1v) is 12.1. The molecule has 3 heterocycles. The number of allylic oxidation sites excluding steroid dienone is 1. The number of methoxy groups -OCH3 is 1. The summed E-state index contributed by atoms with van der Waals surface area (Å²) < 4.78 is 24.4. The van der Waals surface area contributed by atoms with Crippen LogP contribution in [0.15, 0.2) is 43.0 Å². The van der Waals surface area contributed by atoms with E-state index in [4.69, 9.17) is 20.4 Å². The summed E-state index contributed by atoms with van der Waals surface area (Å²) in [4.78, 5) is 21.9. The Bertz CT molecular complexity index is 1500. The topological polar surface area (TPSA) is 88.0 Å². The molecule has 3 aromatic heterocycles. The average Bonchev–Trinajstić information content (AvgIpc) is 3.76. The number of rotatable bonds is 7. The molecular formula is C27H28FN5O2. The Morgan fingerprint density at radius 1 is 1.31 bits per heavy atom. The number of esters is 1. The number of hydrogen-bond acceptors (Lipinski definition) is 5. The number of imidazole rings is 1. The molecule has 2 aliphatic rings. The summed E-state index contributed by atoms with van der Waals surface area (Å²) in [6.45, 7) is 6.65. The maximum atomic E-state index is 15.4. The van der Waals surface area contributed by atoms with E-state index >= 15 is 4.39 Å². The summed E-state index contributed by atoms with van der Waals surface area (Å²) in [5, 5.41) is 0.991. The Balaban J connectivity index is 1.59. The van der Waals surface area contributed by atoms with Crippen LogP contribution in [0, 0.1) is 17.7 Å². The number of benzene rings is 1. The number of nitrogens with two attached hydrogens (primary N) is 1. The van der Waals surface area contributed by atoms with Gasteiger partial charge < -0.3 is 19.6 Å². The number of carbonyl (C=O) groups excluding carboxylic acids is 1. The molecule has 0 bridgehead atoms. The normalized spacial score (nSPS) is 20.3. The fraction of sp³-hybridized carbons (Fsp3) is 0.370. The monoisotopic (exact) mass is 473 g/mol. The van der Waals surface area contributed by atoms with Gasteiger partial charge in [0.25, 0.3) is 0 Å². The van der Waals surface area contributed by atoms with Crippen LogP contribution in [-0.4, -0.2) is 32.2 Å². The van der Waals surface area contributed by atoms with Crippen LogP contribution in [0.25, 0.3) is 33.6 Å². The SMILES string of the molecule is C=C[C@@H]1C[C@@H]1Cn1c(-c2nc3cc(C(=O)OC)cc(F)c3n2C2CC2)cc2ccc([C@@H](C)N)nc21. The van der Waals surface area contributed by atoms with Gasteiger partial charge >= 0.3 is 5.97 Å². The molecule has 8 heteroatoms. The van der Waals surface area contributed by atoms with Crippen LogP contribution < -0.4 is 5.73 Å². The highest BCUT2D eigenvalue weighted by Gasteiger charge is 2.37. The highest BCUT2D eigenvalue weighted by molar-refractivity contribution is 5.95. The van der Waals surface area contributed by atoms with Gasteiger partial charge in [0.15, 0.2) is 5.82 Å². The van der Waals surface area contributed by atoms with Crippen molar-refractivity contribution >= 4 is 28.0 Å². The third kappa shape index (κ3) is 3.63. The second-order valence-electron chi connectivity index (χ2n) is 9.83. The van der Waals surface area contributed by atoms with Crippen molar-refractivity contribution in [2.24, 2.45) is 17.6 Å². The van der Waals surface area contributed by atoms with Crippen LogP contribution in [0.2, 0.25) is 0 Å². The first-order chi connectivity index (χ1) is 16.9. The zero-order valence-electron chi connectivity index (χ0n) is 19.9. The molecule has 2 fully saturated rings. The van der Waals surface area contributed by atoms with E-state index in [-0.39, 0.29) is 17.6 Å². The quantitative estimate of drug-likeness (QED) is 0.296. The maximum absolute atomic E-state index is 15.4. The fourth-order valence-corrected chi connectivity index (χ4v) is 5.06. The molecule has 2 N–H and O–H groups in total. The molecule has 0 aliphatic heterocycles. The maximum Gasteiger partial charge on any atom is 0.338 e. The van der Waals surface area contributed by atoms with Gasteiger partial charge in [-0.25, -0.2) is 19.2 Å². The molecule has 3 atom stereocenters. The molecule has 35 heavy (non-hydrogen) atoms. The Hall–Kier alpha value is -3.52. The van der Waals surface area contributed by atoms with Crippen molar-refractivity contribution in [1.82, 2.24) is 19.1 Å². The molecule has 1 aromatic carbocycles. The zero-order chi connectivity index (χ0) is 24.4. The van der Waals surface area contributed by atoms with Gasteiger partial charge in [-0.2, -0.15) is 0 Å². The van der Waals surface area contributed by atoms with E-state index in [9.17, 15) is 4.79 Å². The van der Waals surface area contributed by atoms with E-state index in [0.717, 1.165) is 48.2 Å². The summed E-state index contributed by atoms with van der Waals surface area (Å²) in [5.41, 5.74) is 9.74. The third-order valence-corrected chi connectivity index (χ3v) is 7.23. The van der Waals surface area contributed by atoms with Gasteiger partial charge in [0, 0.05) is 24.0 Å². The minimum Gasteiger partial charge on any atom is -0.465 e. The van der Waals surface area contributed by atoms with Gasteiger partial charge in [0.1, 0.15) is 17.0 Å². The van der Waals surface area contributed by atoms with Crippen LogP contribution >= 0.6 is 0 Å². The van der Waals surface area contributed by atoms with Gasteiger partial charge in [0.2, 0.25) is 0 Å². The average molecular weight is 474 g/mol. The number of ether oxygens (including phenoxy) is 1. The highest BCUT2D eigenvalue weighted by Crippen LogP contribution is 2.45. The molecule has 6 rings (SSSR count). The van der Waals surface area contributed by atoms with Crippen LogP contribution in [-0.2, 0) is 11.3 Å². The molecule has 0 radical (unpaired) electrons. The predicted octanol–water partition coefficient (Wildman–Crippen LogP) is 5.16. The largest absolute Gasteiger partial charge is 0.465 e. The third-order valence-electron chi connectivity index (χ3n) is 7.23. The van der Waals surface area contributed by atoms with Gasteiger partial charge in [0.05, 0.1) is 29.6 Å². The standard InChI is InChI=1S/C27H28FN5O2/c1-4-15-9-18(15)13-32-23(12-16-5-8-21(14(2)29)30-25(16)32)26-31-22-11-17(27(34)35-3)10-20(28)24(22)33(26)19-6-7-19/h4-5,8,10-12,14-15,18-19H,1,6-7,9,13,29H2,2-3H3/t14-,15-,18-/m1/s1. The van der Waals surface area contributed by atoms with Crippen molar-refractivity contribution in [2.75, 3.05) is 7.11 Å². The van der Waals surface area contributed by atoms with E-state index in [1.807, 2.05) is 29.7 Å². The zero-order valence-corrected chi connectivity index (χ0v) is 19.9. The minimum atomic E-state index is -0.584. The Kier molecular flexibility index (Phi) is 5.03. The number of nitrogens with zero attached hydrogens (tertiary/aromatic N) is 4. The van der Waals surface area contributed by atoms with Crippen LogP contribution in [0.1, 0.15) is 54.3 Å². The number of hydrogen-bond donors (Lipinski definition) is 1. The number of halogens is 1. The van der Waals surface area contributed by atoms with E-state index in [1.54, 1.807) is 6.07 Å². The van der Waals surface area contributed by atoms with Crippen molar-refractivity contribution in [3.8, 4) is 11.5 Å². The molecular weight excluding hydrogens is 445 g/mol. The fourth-order valence-electron chi connectivity index (χ4n) is 5.06. The lowest BCUT2D eigenvalue weighted by molar-refractivity contribution is 0.0600. The molecule has 2 saturated carbocycles. The smallest absolute Gasteiger partial charge is 0.338 e. The summed E-state index contributed by atoms with van der Waals surface area (Å²) >= 11 is 0. The molecule has 0 amide bonds. The van der Waals surface area contributed by atoms with E-state index in [0.29, 0.717) is 28.7 Å². The lowest BCUT2D eigenvalue weighted by atomic mass is 10.2. The molecule has 2 aliphatic carbocycles. The number of aromatic nitrogens is 4. The Labute approximate surface area is 202 Å². The minimum absolute atomic E-state index is 0.153. The first-order valence-electron chi connectivity index (χ1n) is 12.1. The van der Waals surface area contributed by atoms with E-state index < -0.39 is 11.8 Å². The molecule has 180 valence electrons. The first kappa shape index (κ1) is 22.0. The summed E-state index contributed by atoms with van der Waals surface area (Å²) in [7, 11) is 1.29. The van der Waals surface area contributed by atoms with Crippen molar-refractivity contribution in [1.29, 1.82) is 0 Å². The second-order valence-corrected chi connectivity index (χ2v) is 9.83. The van der Waals surface area contributed by atoms with Crippen molar-refractivity contribution in [3.05, 3.63) is 60.1 Å². The lowest BCUT2D eigenvalue weighted by Crippen LogP contribution is -2.10. The summed E-state index contributed by atoms with van der Waals surface area (Å²) in [6, 6.07) is 8.92. The van der Waals surface area contributed by atoms with Gasteiger partial charge in [-0.05, 0) is 68.4 Å². The highest BCUT2D eigenvalue weighted by atomic mass is 19.1. The van der Waals surface area contributed by atoms with Crippen LogP contribution in [0.4, 0.5) is 4.39 Å². The van der Waals surface area contributed by atoms with Gasteiger partial charge in [-0.3, -0.25) is 0 Å². The lowest BCUT2D eigenvalue weighted by Gasteiger charge is -2.13. The molecule has 0 saturated heterocycles. The molecule has 0 unspecified atom stereocenters. The van der Waals surface area contributed by atoms with Gasteiger partial charge in [-0.15, -0.1) is 6.58 Å². The predicted molar refractivity (Wildman–Crippen MR) is 132 cm³/mol. The second kappa shape index (κ2) is 8.02. The van der Waals surface area contributed by atoms with E-state index in [1.165, 1.54) is 13.2 Å². The van der Waals surface area contributed by atoms with E-state index in [2.05, 4.69) is 17.2 Å². The molecule has 0 spiro atoms. The number of fused-ring (bicyclic) bond motifs is 2. The van der Waals surface area contributed by atoms with Crippen molar-refractivity contribution < 1.29 is 13.9 Å². The van der Waals surface area contributed by atoms with Crippen LogP contribution in [0.5, 0.6) is 0 Å². The summed E-state index contributed by atoms with van der Waals surface area (Å²) in [6.07, 6.45) is 5.03. The number of carbonyl (C=O) groups is 1. The van der Waals surface area contributed by atoms with Crippen molar-refractivity contribution in [3.63, 3.8) is 0 Å². The Morgan fingerprint density at radius 3 is 2.77 bits per heavy atom. The van der Waals surface area contributed by atoms with Crippen LogP contribution in [0.3, 0.4) is 0 Å².